The van der Waals surface area contributed by atoms with Gasteiger partial charge in [0, 0.05) is 31.4 Å². The molecule has 1 aromatic rings. The number of aryl methyl sites for hydroxylation is 2. The molecule has 0 bridgehead atoms. The molecule has 1 aliphatic heterocycles. The predicted octanol–water partition coefficient (Wildman–Crippen LogP) is 2.10. The van der Waals surface area contributed by atoms with Gasteiger partial charge >= 0.3 is 0 Å². The van der Waals surface area contributed by atoms with Crippen molar-refractivity contribution in [2.45, 2.75) is 33.7 Å². The first-order valence-corrected chi connectivity index (χ1v) is 6.94. The van der Waals surface area contributed by atoms with E-state index in [1.807, 2.05) is 19.9 Å². The van der Waals surface area contributed by atoms with E-state index in [4.69, 9.17) is 0 Å². The summed E-state index contributed by atoms with van der Waals surface area (Å²) in [5, 5.41) is 9.36. The number of aromatic nitrogens is 1. The van der Waals surface area contributed by atoms with Crippen LogP contribution in [0.1, 0.15) is 30.8 Å². The number of nitriles is 1. The molecule has 0 amide bonds. The summed E-state index contributed by atoms with van der Waals surface area (Å²) >= 11 is 0. The number of likely N-dealkylation sites (N-methyl/N-ethyl adjacent to an activating group) is 1. The molecule has 1 unspecified atom stereocenters. The molecule has 0 N–H and O–H groups in total. The lowest BCUT2D eigenvalue weighted by Crippen LogP contribution is -2.52. The monoisotopic (exact) mass is 258 g/mol. The normalized spacial score (nSPS) is 20.4. The molecule has 1 fully saturated rings. The summed E-state index contributed by atoms with van der Waals surface area (Å²) in [6.07, 6.45) is 0. The van der Waals surface area contributed by atoms with Crippen LogP contribution < -0.4 is 4.90 Å². The highest BCUT2D eigenvalue weighted by atomic mass is 15.3. The van der Waals surface area contributed by atoms with Gasteiger partial charge in [0.1, 0.15) is 6.07 Å². The van der Waals surface area contributed by atoms with Crippen molar-refractivity contribution in [2.75, 3.05) is 31.1 Å². The minimum Gasteiger partial charge on any atom is -0.368 e. The van der Waals surface area contributed by atoms with Crippen LogP contribution in [0.15, 0.2) is 6.07 Å². The third kappa shape index (κ3) is 2.71. The summed E-state index contributed by atoms with van der Waals surface area (Å²) in [6, 6.07) is 4.88. The average molecular weight is 258 g/mol. The van der Waals surface area contributed by atoms with Crippen molar-refractivity contribution in [2.24, 2.45) is 0 Å². The van der Waals surface area contributed by atoms with Gasteiger partial charge in [-0.1, -0.05) is 6.92 Å². The largest absolute Gasteiger partial charge is 0.368 e. The molecule has 102 valence electrons. The van der Waals surface area contributed by atoms with Crippen LogP contribution in [0.4, 0.5) is 5.69 Å². The zero-order valence-electron chi connectivity index (χ0n) is 12.3. The Hall–Kier alpha value is -1.60. The van der Waals surface area contributed by atoms with Gasteiger partial charge in [-0.15, -0.1) is 0 Å². The fourth-order valence-corrected chi connectivity index (χ4v) is 2.88. The Labute approximate surface area is 115 Å². The van der Waals surface area contributed by atoms with Crippen LogP contribution in [0.25, 0.3) is 0 Å². The number of pyridine rings is 1. The Kier molecular flexibility index (Phi) is 4.06. The number of rotatable bonds is 2. The van der Waals surface area contributed by atoms with E-state index in [0.717, 1.165) is 48.8 Å². The SMILES string of the molecule is CCN1CCN(c2cc(C)nc(C)c2C#N)CC1C. The Balaban J connectivity index is 2.31. The van der Waals surface area contributed by atoms with Gasteiger partial charge in [-0.25, -0.2) is 0 Å². The number of nitrogens with zero attached hydrogens (tertiary/aromatic N) is 4. The molecule has 1 saturated heterocycles. The maximum atomic E-state index is 9.36. The molecule has 0 aromatic carbocycles. The zero-order valence-corrected chi connectivity index (χ0v) is 12.3. The number of hydrogen-bond acceptors (Lipinski definition) is 4. The van der Waals surface area contributed by atoms with Gasteiger partial charge in [-0.05, 0) is 33.4 Å². The van der Waals surface area contributed by atoms with Crippen LogP contribution in [0.5, 0.6) is 0 Å². The Morgan fingerprint density at radius 2 is 2.16 bits per heavy atom. The summed E-state index contributed by atoms with van der Waals surface area (Å²) in [4.78, 5) is 9.20. The molecule has 1 atom stereocenters. The fourth-order valence-electron chi connectivity index (χ4n) is 2.88. The van der Waals surface area contributed by atoms with Gasteiger partial charge in [0.15, 0.2) is 0 Å². The van der Waals surface area contributed by atoms with Crippen molar-refractivity contribution in [3.8, 4) is 6.07 Å². The molecule has 4 nitrogen and oxygen atoms in total. The second kappa shape index (κ2) is 5.58. The van der Waals surface area contributed by atoms with E-state index in [-0.39, 0.29) is 0 Å². The molecule has 0 aliphatic carbocycles. The first-order valence-electron chi connectivity index (χ1n) is 6.94. The van der Waals surface area contributed by atoms with Gasteiger partial charge < -0.3 is 4.90 Å². The molecule has 19 heavy (non-hydrogen) atoms. The van der Waals surface area contributed by atoms with E-state index in [9.17, 15) is 5.26 Å². The third-order valence-corrected chi connectivity index (χ3v) is 3.93. The van der Waals surface area contributed by atoms with Gasteiger partial charge in [0.2, 0.25) is 0 Å². The van der Waals surface area contributed by atoms with Crippen LogP contribution in [0.3, 0.4) is 0 Å². The van der Waals surface area contributed by atoms with E-state index in [1.54, 1.807) is 0 Å². The third-order valence-electron chi connectivity index (χ3n) is 3.93. The van der Waals surface area contributed by atoms with Gasteiger partial charge in [-0.2, -0.15) is 5.26 Å². The molecule has 1 aromatic heterocycles. The molecule has 2 heterocycles. The van der Waals surface area contributed by atoms with E-state index in [0.29, 0.717) is 6.04 Å². The molecule has 4 heteroatoms. The zero-order chi connectivity index (χ0) is 14.0. The van der Waals surface area contributed by atoms with Crippen molar-refractivity contribution < 1.29 is 0 Å². The Morgan fingerprint density at radius 3 is 2.74 bits per heavy atom. The molecule has 0 spiro atoms. The topological polar surface area (TPSA) is 43.2 Å². The van der Waals surface area contributed by atoms with Crippen molar-refractivity contribution in [1.82, 2.24) is 9.88 Å². The van der Waals surface area contributed by atoms with Gasteiger partial charge in [-0.3, -0.25) is 9.88 Å². The maximum Gasteiger partial charge on any atom is 0.103 e. The Morgan fingerprint density at radius 1 is 1.42 bits per heavy atom. The maximum absolute atomic E-state index is 9.36. The summed E-state index contributed by atoms with van der Waals surface area (Å²) in [6.45, 7) is 12.5. The highest BCUT2D eigenvalue weighted by Gasteiger charge is 2.24. The van der Waals surface area contributed by atoms with Crippen molar-refractivity contribution >= 4 is 5.69 Å². The molecule has 1 aliphatic rings. The van der Waals surface area contributed by atoms with Crippen LogP contribution in [0, 0.1) is 25.2 Å². The lowest BCUT2D eigenvalue weighted by atomic mass is 10.1. The molecular weight excluding hydrogens is 236 g/mol. The van der Waals surface area contributed by atoms with Crippen molar-refractivity contribution in [1.29, 1.82) is 5.26 Å². The predicted molar refractivity (Wildman–Crippen MR) is 77.3 cm³/mol. The second-order valence-electron chi connectivity index (χ2n) is 5.28. The lowest BCUT2D eigenvalue weighted by Gasteiger charge is -2.40. The van der Waals surface area contributed by atoms with Crippen LogP contribution >= 0.6 is 0 Å². The number of anilines is 1. The van der Waals surface area contributed by atoms with Crippen LogP contribution in [0.2, 0.25) is 0 Å². The van der Waals surface area contributed by atoms with E-state index in [2.05, 4.69) is 34.7 Å². The smallest absolute Gasteiger partial charge is 0.103 e. The summed E-state index contributed by atoms with van der Waals surface area (Å²) in [5.41, 5.74) is 3.60. The molecule has 2 rings (SSSR count). The van der Waals surface area contributed by atoms with Crippen molar-refractivity contribution in [3.63, 3.8) is 0 Å². The van der Waals surface area contributed by atoms with E-state index in [1.165, 1.54) is 0 Å². The van der Waals surface area contributed by atoms with Crippen LogP contribution in [-0.2, 0) is 0 Å². The number of piperazine rings is 1. The Bertz CT molecular complexity index is 504. The van der Waals surface area contributed by atoms with E-state index >= 15 is 0 Å². The van der Waals surface area contributed by atoms with Crippen LogP contribution in [-0.4, -0.2) is 42.1 Å². The number of hydrogen-bond donors (Lipinski definition) is 0. The highest BCUT2D eigenvalue weighted by molar-refractivity contribution is 5.62. The highest BCUT2D eigenvalue weighted by Crippen LogP contribution is 2.25. The second-order valence-corrected chi connectivity index (χ2v) is 5.28. The lowest BCUT2D eigenvalue weighted by molar-refractivity contribution is 0.199. The quantitative estimate of drug-likeness (QED) is 0.815. The van der Waals surface area contributed by atoms with Gasteiger partial charge in [0.05, 0.1) is 16.9 Å². The van der Waals surface area contributed by atoms with Gasteiger partial charge in [0.25, 0.3) is 0 Å². The summed E-state index contributed by atoms with van der Waals surface area (Å²) in [7, 11) is 0. The van der Waals surface area contributed by atoms with E-state index < -0.39 is 0 Å². The standard InChI is InChI=1S/C15H22N4/c1-5-18-6-7-19(10-12(18)3)15-8-11(2)17-13(4)14(15)9-16/h8,12H,5-7,10H2,1-4H3. The molecular formula is C15H22N4. The molecule has 0 radical (unpaired) electrons. The first kappa shape index (κ1) is 13.8. The fraction of sp³-hybridized carbons (Fsp3) is 0.600. The van der Waals surface area contributed by atoms with Crippen molar-refractivity contribution in [3.05, 3.63) is 23.0 Å². The minimum absolute atomic E-state index is 0.527. The summed E-state index contributed by atoms with van der Waals surface area (Å²) in [5.74, 6) is 0. The summed E-state index contributed by atoms with van der Waals surface area (Å²) < 4.78 is 0. The minimum atomic E-state index is 0.527. The average Bonchev–Trinajstić information content (AvgIpc) is 2.37. The first-order chi connectivity index (χ1) is 9.06. The molecule has 0 saturated carbocycles.